The van der Waals surface area contributed by atoms with E-state index in [1.54, 1.807) is 26.0 Å². The van der Waals surface area contributed by atoms with E-state index in [1.165, 1.54) is 5.56 Å². The van der Waals surface area contributed by atoms with Crippen molar-refractivity contribution in [2.24, 2.45) is 34.4 Å². The van der Waals surface area contributed by atoms with E-state index in [0.717, 1.165) is 40.8 Å². The maximum absolute atomic E-state index is 12.8. The summed E-state index contributed by atoms with van der Waals surface area (Å²) in [7, 11) is -4.24. The highest BCUT2D eigenvalue weighted by atomic mass is 16.7. The average molecular weight is 1920 g/mol. The molecule has 0 spiro atoms. The van der Waals surface area contributed by atoms with Gasteiger partial charge in [0.15, 0.2) is 0 Å². The Labute approximate surface area is 815 Å². The van der Waals surface area contributed by atoms with Crippen LogP contribution in [-0.2, 0) is 110 Å². The minimum atomic E-state index is -0.757. The second kappa shape index (κ2) is 48.1. The highest BCUT2D eigenvalue weighted by Gasteiger charge is 2.60. The molecule has 6 atom stereocenters. The number of primary amides is 6. The summed E-state index contributed by atoms with van der Waals surface area (Å²) in [5.41, 5.74) is 27.6. The zero-order valence-corrected chi connectivity index (χ0v) is 85.9. The van der Waals surface area contributed by atoms with E-state index in [2.05, 4.69) is 31.9 Å². The third-order valence-corrected chi connectivity index (χ3v) is 27.0. The molecule has 0 aliphatic carbocycles. The molecule has 42 heteroatoms. The Bertz CT molecular complexity index is 4750. The minimum absolute atomic E-state index is 0.00766. The summed E-state index contributed by atoms with van der Waals surface area (Å²) in [5, 5.41) is 20.8. The number of aryl methyl sites for hydroxylation is 1. The predicted molar refractivity (Wildman–Crippen MR) is 532 cm³/mol. The molecule has 0 unspecified atom stereocenters. The number of amides is 12. The molecule has 0 bridgehead atoms. The molecule has 138 heavy (non-hydrogen) atoms. The van der Waals surface area contributed by atoms with Gasteiger partial charge in [-0.25, -0.2) is 0 Å². The van der Waals surface area contributed by atoms with Crippen molar-refractivity contribution in [3.63, 3.8) is 0 Å². The molecule has 0 radical (unpaired) electrons. The molecule has 11 rings (SSSR count). The first-order valence-electron chi connectivity index (χ1n) is 47.2. The van der Waals surface area contributed by atoms with Crippen LogP contribution < -0.4 is 66.3 Å². The number of rotatable bonds is 34. The summed E-state index contributed by atoms with van der Waals surface area (Å²) in [6, 6.07) is 36.5. The van der Waals surface area contributed by atoms with E-state index in [9.17, 15) is 57.5 Å². The SMILES string of the molecule is CC1(C)OB([C@@H](CC(N)=O)NC(=O)CCCc2ccccc2)OC1(C)C.CC1(C)OB([C@@H](CC(N)=O)NC(=O)c2ccc3ccccc3c2)OC1(C)C.CC1(C)OB([C@H](CC(N)=O)NC(=O)c2ccc3ccccc3c2)OC1(C)C.CCC(=O)N[C@@H](CC(N)=O)B1OC(C)(C)C(C)(C)O1.CCC(=O)N[C@H](CC(N)=O)B1OC(C)(C)C(C)(C)O1.CCCC(=O)N[C@H](CC(N)=O)B1OC(C)(C)C(C)(C)O1. The van der Waals surface area contributed by atoms with Gasteiger partial charge in [0.2, 0.25) is 59.1 Å². The van der Waals surface area contributed by atoms with E-state index in [-0.39, 0.29) is 74.0 Å². The number of carbonyl (C=O) groups is 12. The monoisotopic (exact) mass is 1920 g/mol. The van der Waals surface area contributed by atoms with Gasteiger partial charge in [-0.05, 0) is 237 Å². The standard InChI is InChI=1S/2C20H25BN2O4.C19H29BN2O4.C13H25BN2O4.2C12H23BN2O4/c2*1-19(2)20(3,4)27-21(26-19)16(12-17(22)24)23-18(25)15-10-9-13-7-5-6-8-14(13)11-15;1-18(2)19(3,4)26-20(25-18)15(13-16(21)23)22-17(24)12-8-11-14-9-6-5-7-10-14;1-6-7-11(18)16-9(8-10(15)17)14-19-12(2,3)13(4,5)20-14;2*1-6-10(17)15-8(7-9(14)16)13-18-11(2,3)12(4,5)19-13/h2*5-11,16H,12H2,1-4H3,(H2,22,24)(H,23,25);5-7,9-10,15H,8,11-13H2,1-4H3,(H2,21,23)(H,22,24);9H,6-8H2,1-5H3,(H2,15,17)(H,16,18);2*8H,6-7H2,1-5H3,(H2,14,16)(H,15,17)/t2*16-;15-;9-;2*8-/m101110/s1. The molecule has 6 heterocycles. The summed E-state index contributed by atoms with van der Waals surface area (Å²) >= 11 is 0. The van der Waals surface area contributed by atoms with Crippen LogP contribution in [0.5, 0.6) is 0 Å². The van der Waals surface area contributed by atoms with Crippen molar-refractivity contribution in [2.75, 3.05) is 0 Å². The molecule has 0 saturated carbocycles. The molecule has 36 nitrogen and oxygen atoms in total. The zero-order valence-electron chi connectivity index (χ0n) is 85.9. The normalized spacial score (nSPS) is 20.3. The lowest BCUT2D eigenvalue weighted by molar-refractivity contribution is -0.123. The van der Waals surface area contributed by atoms with Gasteiger partial charge in [0, 0.05) is 75.3 Å². The van der Waals surface area contributed by atoms with Gasteiger partial charge >= 0.3 is 42.7 Å². The fraction of sp³-hybridized carbons (Fsp3) is 0.604. The lowest BCUT2D eigenvalue weighted by Crippen LogP contribution is -2.50. The molecule has 18 N–H and O–H groups in total. The maximum Gasteiger partial charge on any atom is 0.482 e. The smallest absolute Gasteiger partial charge is 0.402 e. The Kier molecular flexibility index (Phi) is 40.7. The lowest BCUT2D eigenvalue weighted by atomic mass is 9.76. The Hall–Kier alpha value is -9.83. The Balaban J connectivity index is 0.000000256. The van der Waals surface area contributed by atoms with Crippen LogP contribution in [0.2, 0.25) is 0 Å². The fourth-order valence-electron chi connectivity index (χ4n) is 14.6. The van der Waals surface area contributed by atoms with Crippen LogP contribution in [0, 0.1) is 0 Å². The van der Waals surface area contributed by atoms with E-state index in [1.807, 2.05) is 276 Å². The first-order valence-corrected chi connectivity index (χ1v) is 47.2. The van der Waals surface area contributed by atoms with Crippen LogP contribution >= 0.6 is 0 Å². The van der Waals surface area contributed by atoms with E-state index in [4.69, 9.17) is 90.3 Å². The number of nitrogens with two attached hydrogens (primary N) is 6. The third-order valence-electron chi connectivity index (χ3n) is 27.0. The predicted octanol–water partition coefficient (Wildman–Crippen LogP) is 8.45. The van der Waals surface area contributed by atoms with Crippen LogP contribution in [0.4, 0.5) is 0 Å². The molecule has 756 valence electrons. The third kappa shape index (κ3) is 32.9. The average Bonchev–Trinajstić information content (AvgIpc) is 1.64. The summed E-state index contributed by atoms with van der Waals surface area (Å²) in [5.74, 6) is -7.93. The van der Waals surface area contributed by atoms with Gasteiger partial charge in [-0.15, -0.1) is 0 Å². The number of hydrogen-bond acceptors (Lipinski definition) is 24. The van der Waals surface area contributed by atoms with Gasteiger partial charge < -0.3 is 122 Å². The minimum Gasteiger partial charge on any atom is -0.402 e. The van der Waals surface area contributed by atoms with Gasteiger partial charge in [-0.3, -0.25) is 57.5 Å². The van der Waals surface area contributed by atoms with Crippen molar-refractivity contribution in [3.05, 3.63) is 132 Å². The molecule has 5 aromatic rings. The topological polar surface area (TPSA) is 544 Å². The number of nitrogens with one attached hydrogen (secondary N) is 6. The molecular formula is C96H150B6N12O24. The van der Waals surface area contributed by atoms with Gasteiger partial charge in [0.25, 0.3) is 11.8 Å². The molecule has 6 fully saturated rings. The highest BCUT2D eigenvalue weighted by Crippen LogP contribution is 2.44. The van der Waals surface area contributed by atoms with Crippen molar-refractivity contribution >= 4 is 135 Å². The molecule has 0 aromatic heterocycles. The number of fused-ring (bicyclic) bond motifs is 2. The first-order chi connectivity index (χ1) is 63.5. The quantitative estimate of drug-likeness (QED) is 0.0172. The molecule has 6 aliphatic rings. The van der Waals surface area contributed by atoms with E-state index < -0.39 is 181 Å². The summed E-state index contributed by atoms with van der Waals surface area (Å²) < 4.78 is 70.9. The van der Waals surface area contributed by atoms with Crippen LogP contribution in [0.1, 0.15) is 290 Å². The maximum atomic E-state index is 12.8. The number of benzene rings is 5. The molecule has 12 amide bonds. The van der Waals surface area contributed by atoms with Gasteiger partial charge in [-0.1, -0.05) is 112 Å². The van der Waals surface area contributed by atoms with Crippen LogP contribution in [-0.4, -0.2) is 216 Å². The van der Waals surface area contributed by atoms with Crippen molar-refractivity contribution in [1.29, 1.82) is 0 Å². The van der Waals surface area contributed by atoms with Crippen LogP contribution in [0.15, 0.2) is 115 Å². The van der Waals surface area contributed by atoms with Crippen LogP contribution in [0.3, 0.4) is 0 Å². The van der Waals surface area contributed by atoms with E-state index in [0.29, 0.717) is 36.8 Å². The molecule has 6 saturated heterocycles. The van der Waals surface area contributed by atoms with Crippen molar-refractivity contribution < 1.29 is 113 Å². The van der Waals surface area contributed by atoms with Crippen molar-refractivity contribution in [2.45, 2.75) is 373 Å². The van der Waals surface area contributed by atoms with Gasteiger partial charge in [0.05, 0.1) is 103 Å². The highest BCUT2D eigenvalue weighted by molar-refractivity contribution is 6.51. The summed E-state index contributed by atoms with van der Waals surface area (Å²) in [6.45, 7) is 51.4. The van der Waals surface area contributed by atoms with Gasteiger partial charge in [-0.2, -0.15) is 0 Å². The lowest BCUT2D eigenvalue weighted by Gasteiger charge is -2.32. The van der Waals surface area contributed by atoms with Gasteiger partial charge in [0.1, 0.15) is 0 Å². The van der Waals surface area contributed by atoms with Crippen LogP contribution in [0.25, 0.3) is 21.5 Å². The number of hydrogen-bond donors (Lipinski definition) is 12. The molecule has 6 aliphatic heterocycles. The second-order valence-corrected chi connectivity index (χ2v) is 41.5. The Morgan fingerprint density at radius 2 is 0.464 bits per heavy atom. The van der Waals surface area contributed by atoms with Crippen molar-refractivity contribution in [1.82, 2.24) is 31.9 Å². The zero-order chi connectivity index (χ0) is 104. The Morgan fingerprint density at radius 3 is 0.681 bits per heavy atom. The largest absolute Gasteiger partial charge is 0.482 e. The summed E-state index contributed by atoms with van der Waals surface area (Å²) in [4.78, 5) is 141. The fourth-order valence-corrected chi connectivity index (χ4v) is 14.6. The number of carbonyl (C=O) groups excluding carboxylic acids is 12. The molecular weight excluding hydrogens is 1770 g/mol. The molecule has 5 aromatic carbocycles. The first kappa shape index (κ1) is 117. The second-order valence-electron chi connectivity index (χ2n) is 41.5. The summed E-state index contributed by atoms with van der Waals surface area (Å²) in [6.07, 6.45) is 3.50. The van der Waals surface area contributed by atoms with E-state index >= 15 is 0 Å². The Morgan fingerprint density at radius 1 is 0.261 bits per heavy atom. The van der Waals surface area contributed by atoms with Crippen molar-refractivity contribution in [3.8, 4) is 0 Å².